The van der Waals surface area contributed by atoms with Gasteiger partial charge in [-0.05, 0) is 23.6 Å². The number of nitrogens with one attached hydrogen (secondary N) is 1. The first kappa shape index (κ1) is 13.8. The minimum absolute atomic E-state index is 0.0557. The summed E-state index contributed by atoms with van der Waals surface area (Å²) in [5, 5.41) is 3.59. The topological polar surface area (TPSA) is 29.1 Å². The van der Waals surface area contributed by atoms with Crippen molar-refractivity contribution in [1.82, 2.24) is 5.32 Å². The maximum Gasteiger partial charge on any atom is 0.224 e. The smallest absolute Gasteiger partial charge is 0.224 e. The number of rotatable bonds is 5. The van der Waals surface area contributed by atoms with Crippen molar-refractivity contribution in [2.24, 2.45) is 0 Å². The Balaban J connectivity index is 2.61. The number of benzene rings is 1. The lowest BCUT2D eigenvalue weighted by Crippen LogP contribution is -2.25. The summed E-state index contributed by atoms with van der Waals surface area (Å²) >= 11 is 8.35. The lowest BCUT2D eigenvalue weighted by molar-refractivity contribution is -0.120. The van der Waals surface area contributed by atoms with E-state index in [1.54, 1.807) is 0 Å². The molecule has 1 aromatic rings. The van der Waals surface area contributed by atoms with Crippen molar-refractivity contribution in [2.45, 2.75) is 24.2 Å². The van der Waals surface area contributed by atoms with E-state index >= 15 is 0 Å². The van der Waals surface area contributed by atoms with Crippen LogP contribution in [0.5, 0.6) is 0 Å². The molecular weight excluding hydrogens is 336 g/mol. The molecule has 4 heteroatoms. The van der Waals surface area contributed by atoms with E-state index < -0.39 is 0 Å². The number of hydrogen-bond donors (Lipinski definition) is 1. The Bertz CT molecular complexity index is 368. The highest BCUT2D eigenvalue weighted by molar-refractivity contribution is 14.1. The number of hydrogen-bond acceptors (Lipinski definition) is 1. The van der Waals surface area contributed by atoms with Crippen molar-refractivity contribution < 1.29 is 4.79 Å². The summed E-state index contributed by atoms with van der Waals surface area (Å²) in [6.45, 7) is 2.77. The molecule has 0 bridgehead atoms. The molecular formula is C12H15ClINO. The molecule has 0 saturated heterocycles. The van der Waals surface area contributed by atoms with E-state index in [2.05, 4.69) is 27.9 Å². The average molecular weight is 352 g/mol. The molecule has 0 spiro atoms. The van der Waals surface area contributed by atoms with Crippen LogP contribution in [0.25, 0.3) is 0 Å². The molecule has 1 aromatic carbocycles. The van der Waals surface area contributed by atoms with Crippen LogP contribution in [0.2, 0.25) is 5.02 Å². The normalized spacial score (nSPS) is 10.2. The molecule has 0 radical (unpaired) electrons. The number of carbonyl (C=O) groups is 1. The van der Waals surface area contributed by atoms with Gasteiger partial charge in [-0.15, -0.1) is 0 Å². The van der Waals surface area contributed by atoms with E-state index in [1.807, 2.05) is 25.1 Å². The van der Waals surface area contributed by atoms with Crippen molar-refractivity contribution in [3.8, 4) is 0 Å². The molecule has 1 rings (SSSR count). The molecule has 0 aliphatic heterocycles. The monoisotopic (exact) mass is 351 g/mol. The number of carbonyl (C=O) groups excluding carboxylic acids is 1. The lowest BCUT2D eigenvalue weighted by atomic mass is 10.1. The second-order valence-corrected chi connectivity index (χ2v) is 4.76. The van der Waals surface area contributed by atoms with Crippen molar-refractivity contribution in [1.29, 1.82) is 0 Å². The molecule has 16 heavy (non-hydrogen) atoms. The molecule has 0 aromatic heterocycles. The molecule has 0 unspecified atom stereocenters. The van der Waals surface area contributed by atoms with Crippen molar-refractivity contribution in [2.75, 3.05) is 6.54 Å². The highest BCUT2D eigenvalue weighted by atomic mass is 127. The zero-order valence-electron chi connectivity index (χ0n) is 9.22. The largest absolute Gasteiger partial charge is 0.356 e. The molecule has 0 aliphatic carbocycles. The first-order valence-electron chi connectivity index (χ1n) is 5.27. The molecule has 0 heterocycles. The quantitative estimate of drug-likeness (QED) is 0.640. The third-order valence-electron chi connectivity index (χ3n) is 2.20. The zero-order valence-corrected chi connectivity index (χ0v) is 12.1. The summed E-state index contributed by atoms with van der Waals surface area (Å²) < 4.78 is 0.888. The van der Waals surface area contributed by atoms with Gasteiger partial charge in [0.25, 0.3) is 0 Å². The van der Waals surface area contributed by atoms with Crippen LogP contribution in [-0.2, 0) is 15.6 Å². The second kappa shape index (κ2) is 7.12. The summed E-state index contributed by atoms with van der Waals surface area (Å²) in [5.74, 6) is 0.0557. The van der Waals surface area contributed by atoms with Gasteiger partial charge in [0.2, 0.25) is 5.91 Å². The Morgan fingerprint density at radius 1 is 1.50 bits per heavy atom. The molecule has 0 aliphatic rings. The first-order valence-corrected chi connectivity index (χ1v) is 7.17. The Morgan fingerprint density at radius 2 is 2.25 bits per heavy atom. The van der Waals surface area contributed by atoms with Crippen LogP contribution in [-0.4, -0.2) is 12.5 Å². The van der Waals surface area contributed by atoms with Gasteiger partial charge in [0.1, 0.15) is 0 Å². The van der Waals surface area contributed by atoms with E-state index in [4.69, 9.17) is 11.6 Å². The van der Waals surface area contributed by atoms with Crippen LogP contribution in [0.4, 0.5) is 0 Å². The van der Waals surface area contributed by atoms with Crippen LogP contribution in [0.3, 0.4) is 0 Å². The molecule has 0 fully saturated rings. The third kappa shape index (κ3) is 4.29. The predicted molar refractivity (Wildman–Crippen MR) is 76.2 cm³/mol. The van der Waals surface area contributed by atoms with Gasteiger partial charge >= 0.3 is 0 Å². The molecule has 0 atom stereocenters. The Kier molecular flexibility index (Phi) is 6.13. The van der Waals surface area contributed by atoms with Crippen LogP contribution < -0.4 is 5.32 Å². The Labute approximate surface area is 115 Å². The van der Waals surface area contributed by atoms with Gasteiger partial charge in [0.15, 0.2) is 0 Å². The van der Waals surface area contributed by atoms with Gasteiger partial charge in [-0.2, -0.15) is 0 Å². The summed E-state index contributed by atoms with van der Waals surface area (Å²) in [4.78, 5) is 11.5. The average Bonchev–Trinajstić information content (AvgIpc) is 2.26. The van der Waals surface area contributed by atoms with Crippen LogP contribution in [0, 0.1) is 0 Å². The summed E-state index contributed by atoms with van der Waals surface area (Å²) in [7, 11) is 0. The fourth-order valence-electron chi connectivity index (χ4n) is 1.32. The first-order chi connectivity index (χ1) is 7.67. The zero-order chi connectivity index (χ0) is 12.0. The highest BCUT2D eigenvalue weighted by Crippen LogP contribution is 2.20. The number of halogens is 2. The van der Waals surface area contributed by atoms with Gasteiger partial charge in [0, 0.05) is 16.0 Å². The molecule has 1 N–H and O–H groups in total. The molecule has 88 valence electrons. The standard InChI is InChI=1S/C12H15ClINO/c1-2-5-15-12(16)7-9-3-4-10(8-14)11(13)6-9/h3-4,6H,2,5,7-8H2,1H3,(H,15,16). The number of alkyl halides is 1. The van der Waals surface area contributed by atoms with Crippen molar-refractivity contribution in [3.63, 3.8) is 0 Å². The second-order valence-electron chi connectivity index (χ2n) is 3.59. The van der Waals surface area contributed by atoms with Gasteiger partial charge in [0.05, 0.1) is 6.42 Å². The van der Waals surface area contributed by atoms with E-state index in [-0.39, 0.29) is 5.91 Å². The van der Waals surface area contributed by atoms with E-state index in [9.17, 15) is 4.79 Å². The molecule has 1 amide bonds. The highest BCUT2D eigenvalue weighted by Gasteiger charge is 2.05. The van der Waals surface area contributed by atoms with Gasteiger partial charge < -0.3 is 5.32 Å². The molecule has 0 saturated carbocycles. The van der Waals surface area contributed by atoms with Crippen LogP contribution >= 0.6 is 34.2 Å². The third-order valence-corrected chi connectivity index (χ3v) is 3.37. The SMILES string of the molecule is CCCNC(=O)Cc1ccc(CI)c(Cl)c1. The van der Waals surface area contributed by atoms with Crippen LogP contribution in [0.15, 0.2) is 18.2 Å². The predicted octanol–water partition coefficient (Wildman–Crippen LogP) is 3.34. The Hall–Kier alpha value is -0.290. The molecule has 2 nitrogen and oxygen atoms in total. The van der Waals surface area contributed by atoms with Gasteiger partial charge in [-0.1, -0.05) is 53.2 Å². The fraction of sp³-hybridized carbons (Fsp3) is 0.417. The van der Waals surface area contributed by atoms with Gasteiger partial charge in [-0.25, -0.2) is 0 Å². The maximum atomic E-state index is 11.5. The van der Waals surface area contributed by atoms with E-state index in [1.165, 1.54) is 0 Å². The number of amides is 1. The van der Waals surface area contributed by atoms with E-state index in [0.717, 1.165) is 33.5 Å². The van der Waals surface area contributed by atoms with Crippen LogP contribution in [0.1, 0.15) is 24.5 Å². The lowest BCUT2D eigenvalue weighted by Gasteiger charge is -2.06. The van der Waals surface area contributed by atoms with Crippen molar-refractivity contribution >= 4 is 40.1 Å². The summed E-state index contributed by atoms with van der Waals surface area (Å²) in [6.07, 6.45) is 1.36. The minimum atomic E-state index is 0.0557. The fourth-order valence-corrected chi connectivity index (χ4v) is 2.48. The van der Waals surface area contributed by atoms with E-state index in [0.29, 0.717) is 6.42 Å². The Morgan fingerprint density at radius 3 is 2.81 bits per heavy atom. The maximum absolute atomic E-state index is 11.5. The minimum Gasteiger partial charge on any atom is -0.356 e. The van der Waals surface area contributed by atoms with Crippen molar-refractivity contribution in [3.05, 3.63) is 34.3 Å². The summed E-state index contributed by atoms with van der Waals surface area (Å²) in [5.41, 5.74) is 2.08. The van der Waals surface area contributed by atoms with Gasteiger partial charge in [-0.3, -0.25) is 4.79 Å². The summed E-state index contributed by atoms with van der Waals surface area (Å²) in [6, 6.07) is 5.82.